The van der Waals surface area contributed by atoms with Gasteiger partial charge < -0.3 is 15.5 Å². The van der Waals surface area contributed by atoms with Gasteiger partial charge in [-0.2, -0.15) is 0 Å². The van der Waals surface area contributed by atoms with E-state index in [4.69, 9.17) is 5.73 Å². The molecule has 0 aromatic heterocycles. The minimum absolute atomic E-state index is 0.0580. The maximum Gasteiger partial charge on any atom is 0.295 e. The molecule has 1 heterocycles. The predicted octanol–water partition coefficient (Wildman–Crippen LogP) is 2.78. The minimum Gasteiger partial charge on any atom is -0.393 e. The molecule has 126 valence electrons. The van der Waals surface area contributed by atoms with Crippen molar-refractivity contribution in [2.24, 2.45) is 0 Å². The smallest absolute Gasteiger partial charge is 0.295 e. The summed E-state index contributed by atoms with van der Waals surface area (Å²) in [6, 6.07) is 8.37. The summed E-state index contributed by atoms with van der Waals surface area (Å²) in [5.41, 5.74) is 6.33. The lowest BCUT2D eigenvalue weighted by molar-refractivity contribution is -0.384. The molecule has 0 aliphatic carbocycles. The third-order valence-electron chi connectivity index (χ3n) is 4.10. The van der Waals surface area contributed by atoms with Crippen molar-refractivity contribution in [3.05, 3.63) is 58.1 Å². The zero-order valence-corrected chi connectivity index (χ0v) is 12.8. The van der Waals surface area contributed by atoms with Crippen molar-refractivity contribution in [2.45, 2.75) is 0 Å². The molecule has 2 aromatic rings. The molecule has 1 fully saturated rings. The van der Waals surface area contributed by atoms with E-state index in [9.17, 15) is 18.9 Å². The van der Waals surface area contributed by atoms with Crippen LogP contribution in [0.5, 0.6) is 0 Å². The van der Waals surface area contributed by atoms with Gasteiger partial charge in [0.1, 0.15) is 11.5 Å². The first-order valence-electron chi connectivity index (χ1n) is 7.44. The summed E-state index contributed by atoms with van der Waals surface area (Å²) < 4.78 is 27.2. The summed E-state index contributed by atoms with van der Waals surface area (Å²) in [4.78, 5) is 14.0. The highest BCUT2D eigenvalue weighted by Crippen LogP contribution is 2.31. The van der Waals surface area contributed by atoms with Gasteiger partial charge >= 0.3 is 0 Å². The summed E-state index contributed by atoms with van der Waals surface area (Å²) >= 11 is 0. The molecule has 0 atom stereocenters. The average molecular weight is 334 g/mol. The van der Waals surface area contributed by atoms with E-state index in [1.54, 1.807) is 17.0 Å². The van der Waals surface area contributed by atoms with E-state index in [0.29, 0.717) is 26.2 Å². The van der Waals surface area contributed by atoms with Crippen LogP contribution in [0.25, 0.3) is 0 Å². The Morgan fingerprint density at radius 1 is 1.00 bits per heavy atom. The molecule has 0 spiro atoms. The number of rotatable bonds is 3. The van der Waals surface area contributed by atoms with Gasteiger partial charge in [0.25, 0.3) is 5.69 Å². The Kier molecular flexibility index (Phi) is 4.20. The lowest BCUT2D eigenvalue weighted by atomic mass is 10.2. The molecular weight excluding hydrogens is 318 g/mol. The number of benzene rings is 2. The van der Waals surface area contributed by atoms with Gasteiger partial charge in [-0.05, 0) is 30.3 Å². The fraction of sp³-hybridized carbons (Fsp3) is 0.250. The topological polar surface area (TPSA) is 75.6 Å². The molecule has 0 amide bonds. The molecule has 1 aliphatic heterocycles. The lowest BCUT2D eigenvalue weighted by Crippen LogP contribution is -2.46. The molecule has 2 N–H and O–H groups in total. The van der Waals surface area contributed by atoms with Crippen LogP contribution < -0.4 is 15.5 Å². The quantitative estimate of drug-likeness (QED) is 0.531. The molecule has 0 bridgehead atoms. The van der Waals surface area contributed by atoms with Gasteiger partial charge in [0.05, 0.1) is 16.7 Å². The Labute approximate surface area is 137 Å². The van der Waals surface area contributed by atoms with Crippen molar-refractivity contribution in [1.82, 2.24) is 0 Å². The van der Waals surface area contributed by atoms with E-state index in [-0.39, 0.29) is 17.2 Å². The predicted molar refractivity (Wildman–Crippen MR) is 88.3 cm³/mol. The number of anilines is 3. The highest BCUT2D eigenvalue weighted by atomic mass is 19.1. The third-order valence-corrected chi connectivity index (χ3v) is 4.10. The third kappa shape index (κ3) is 3.08. The monoisotopic (exact) mass is 334 g/mol. The van der Waals surface area contributed by atoms with Crippen molar-refractivity contribution < 1.29 is 13.7 Å². The molecule has 3 rings (SSSR count). The maximum atomic E-state index is 14.2. The van der Waals surface area contributed by atoms with Crippen LogP contribution in [-0.2, 0) is 0 Å². The number of halogens is 2. The zero-order chi connectivity index (χ0) is 17.3. The number of piperazine rings is 1. The number of nitrogens with two attached hydrogens (primary N) is 1. The van der Waals surface area contributed by atoms with Crippen molar-refractivity contribution in [3.63, 3.8) is 0 Å². The molecule has 1 aliphatic rings. The van der Waals surface area contributed by atoms with E-state index >= 15 is 0 Å². The number of hydrogen-bond acceptors (Lipinski definition) is 5. The molecule has 6 nitrogen and oxygen atoms in total. The first-order valence-corrected chi connectivity index (χ1v) is 7.44. The number of nitrogens with zero attached hydrogens (tertiary/aromatic N) is 3. The van der Waals surface area contributed by atoms with Gasteiger partial charge in [0, 0.05) is 31.9 Å². The lowest BCUT2D eigenvalue weighted by Gasteiger charge is -2.37. The van der Waals surface area contributed by atoms with Crippen molar-refractivity contribution in [3.8, 4) is 0 Å². The molecule has 0 radical (unpaired) electrons. The molecular formula is C16H16F2N4O2. The molecule has 8 heteroatoms. The van der Waals surface area contributed by atoms with Crippen LogP contribution >= 0.6 is 0 Å². The first-order chi connectivity index (χ1) is 11.5. The Morgan fingerprint density at radius 3 is 2.17 bits per heavy atom. The fourth-order valence-corrected chi connectivity index (χ4v) is 2.83. The van der Waals surface area contributed by atoms with Crippen molar-refractivity contribution in [1.29, 1.82) is 0 Å². The largest absolute Gasteiger partial charge is 0.393 e. The summed E-state index contributed by atoms with van der Waals surface area (Å²) in [5, 5.41) is 10.8. The standard InChI is InChI=1S/C16H16F2N4O2/c17-11-1-3-12(4-2-11)20-5-7-21(8-6-20)15-10-14(19)16(22(23)24)9-13(15)18/h1-4,9-10H,5-8,19H2. The van der Waals surface area contributed by atoms with Gasteiger partial charge in [-0.3, -0.25) is 10.1 Å². The molecule has 0 unspecified atom stereocenters. The summed E-state index contributed by atoms with van der Waals surface area (Å²) in [7, 11) is 0. The summed E-state index contributed by atoms with van der Waals surface area (Å²) in [6.45, 7) is 2.32. The summed E-state index contributed by atoms with van der Waals surface area (Å²) in [5.74, 6) is -0.952. The van der Waals surface area contributed by atoms with Gasteiger partial charge in [-0.1, -0.05) is 0 Å². The molecule has 1 saturated heterocycles. The van der Waals surface area contributed by atoms with Gasteiger partial charge in [0.2, 0.25) is 0 Å². The van der Waals surface area contributed by atoms with Crippen LogP contribution in [0, 0.1) is 21.7 Å². The van der Waals surface area contributed by atoms with E-state index in [0.717, 1.165) is 11.8 Å². The minimum atomic E-state index is -0.700. The fourth-order valence-electron chi connectivity index (χ4n) is 2.83. The Bertz CT molecular complexity index is 759. The van der Waals surface area contributed by atoms with Crippen molar-refractivity contribution >= 4 is 22.7 Å². The van der Waals surface area contributed by atoms with Gasteiger partial charge in [0.15, 0.2) is 5.82 Å². The van der Waals surface area contributed by atoms with E-state index in [2.05, 4.69) is 4.90 Å². The normalized spacial score (nSPS) is 14.8. The Morgan fingerprint density at radius 2 is 1.58 bits per heavy atom. The number of hydrogen-bond donors (Lipinski definition) is 1. The van der Waals surface area contributed by atoms with E-state index in [1.807, 2.05) is 0 Å². The molecule has 24 heavy (non-hydrogen) atoms. The van der Waals surface area contributed by atoms with Crippen LogP contribution in [0.4, 0.5) is 31.5 Å². The Hall–Kier alpha value is -2.90. The second kappa shape index (κ2) is 6.31. The van der Waals surface area contributed by atoms with Crippen LogP contribution in [-0.4, -0.2) is 31.1 Å². The van der Waals surface area contributed by atoms with Crippen LogP contribution in [0.15, 0.2) is 36.4 Å². The van der Waals surface area contributed by atoms with Crippen LogP contribution in [0.2, 0.25) is 0 Å². The van der Waals surface area contributed by atoms with E-state index < -0.39 is 16.4 Å². The maximum absolute atomic E-state index is 14.2. The van der Waals surface area contributed by atoms with Crippen LogP contribution in [0.3, 0.4) is 0 Å². The van der Waals surface area contributed by atoms with Crippen molar-refractivity contribution in [2.75, 3.05) is 41.7 Å². The molecule has 0 saturated carbocycles. The highest BCUT2D eigenvalue weighted by molar-refractivity contribution is 5.67. The molecule has 2 aromatic carbocycles. The second-order valence-corrected chi connectivity index (χ2v) is 5.57. The zero-order valence-electron chi connectivity index (χ0n) is 12.8. The number of nitro benzene ring substituents is 1. The average Bonchev–Trinajstić information content (AvgIpc) is 2.57. The van der Waals surface area contributed by atoms with Gasteiger partial charge in [-0.15, -0.1) is 0 Å². The highest BCUT2D eigenvalue weighted by Gasteiger charge is 2.23. The summed E-state index contributed by atoms with van der Waals surface area (Å²) in [6.07, 6.45) is 0. The van der Waals surface area contributed by atoms with Crippen LogP contribution in [0.1, 0.15) is 0 Å². The van der Waals surface area contributed by atoms with Gasteiger partial charge in [-0.25, -0.2) is 8.78 Å². The first kappa shape index (κ1) is 16.0. The second-order valence-electron chi connectivity index (χ2n) is 5.57. The SMILES string of the molecule is Nc1cc(N2CCN(c3ccc(F)cc3)CC2)c(F)cc1[N+](=O)[O-]. The number of nitro groups is 1. The van der Waals surface area contributed by atoms with E-state index in [1.165, 1.54) is 18.2 Å². The number of nitrogen functional groups attached to an aromatic ring is 1. The Balaban J connectivity index is 1.74.